The van der Waals surface area contributed by atoms with E-state index < -0.39 is 6.10 Å². The van der Waals surface area contributed by atoms with Crippen molar-refractivity contribution in [2.75, 3.05) is 39.3 Å². The van der Waals surface area contributed by atoms with Crippen LogP contribution in [-0.2, 0) is 17.8 Å². The first kappa shape index (κ1) is 24.9. The zero-order valence-electron chi connectivity index (χ0n) is 18.1. The Morgan fingerprint density at radius 3 is 2.77 bits per heavy atom. The number of fused-ring (bicyclic) bond motifs is 1. The number of benzene rings is 1. The van der Waals surface area contributed by atoms with Crippen molar-refractivity contribution >= 4 is 35.8 Å². The molecule has 8 heteroatoms. The van der Waals surface area contributed by atoms with Crippen LogP contribution in [0.25, 0.3) is 0 Å². The Kier molecular flexibility index (Phi) is 10.3. The lowest BCUT2D eigenvalue weighted by Crippen LogP contribution is -2.45. The third-order valence-electron chi connectivity index (χ3n) is 5.67. The van der Waals surface area contributed by atoms with Gasteiger partial charge >= 0.3 is 0 Å². The van der Waals surface area contributed by atoms with Crippen molar-refractivity contribution in [3.63, 3.8) is 0 Å². The van der Waals surface area contributed by atoms with Crippen molar-refractivity contribution in [3.05, 3.63) is 35.4 Å². The number of hydrogen-bond donors (Lipinski definition) is 3. The van der Waals surface area contributed by atoms with E-state index in [9.17, 15) is 9.90 Å². The molecule has 7 nitrogen and oxygen atoms in total. The number of carbonyl (C=O) groups excluding carboxylic acids is 1. The number of carbonyl (C=O) groups is 1. The number of aliphatic hydroxyl groups excluding tert-OH is 1. The minimum absolute atomic E-state index is 0. The molecule has 1 fully saturated rings. The zero-order chi connectivity index (χ0) is 20.6. The first-order valence-corrected chi connectivity index (χ1v) is 10.9. The zero-order valence-corrected chi connectivity index (χ0v) is 20.5. The Hall–Kier alpha value is -1.39. The van der Waals surface area contributed by atoms with E-state index in [0.717, 1.165) is 39.0 Å². The van der Waals surface area contributed by atoms with Gasteiger partial charge in [-0.05, 0) is 30.9 Å². The molecule has 30 heavy (non-hydrogen) atoms. The number of guanidine groups is 1. The summed E-state index contributed by atoms with van der Waals surface area (Å²) in [5.74, 6) is 0.918. The predicted octanol–water partition coefficient (Wildman–Crippen LogP) is 1.59. The molecule has 1 amide bonds. The molecule has 3 rings (SSSR count). The molecule has 0 radical (unpaired) electrons. The van der Waals surface area contributed by atoms with Crippen LogP contribution in [0.15, 0.2) is 29.3 Å². The van der Waals surface area contributed by atoms with Gasteiger partial charge in [0.05, 0.1) is 12.6 Å². The highest BCUT2D eigenvalue weighted by Gasteiger charge is 2.26. The molecule has 1 saturated heterocycles. The van der Waals surface area contributed by atoms with Gasteiger partial charge in [-0.3, -0.25) is 14.7 Å². The van der Waals surface area contributed by atoms with E-state index in [1.807, 2.05) is 18.7 Å². The van der Waals surface area contributed by atoms with Gasteiger partial charge < -0.3 is 20.6 Å². The summed E-state index contributed by atoms with van der Waals surface area (Å²) in [6, 6.07) is 8.75. The highest BCUT2D eigenvalue weighted by molar-refractivity contribution is 14.0. The van der Waals surface area contributed by atoms with Crippen molar-refractivity contribution < 1.29 is 9.90 Å². The van der Waals surface area contributed by atoms with Gasteiger partial charge in [-0.15, -0.1) is 24.0 Å². The van der Waals surface area contributed by atoms with Crippen LogP contribution in [0.5, 0.6) is 0 Å². The average Bonchev–Trinajstić information content (AvgIpc) is 3.20. The number of amides is 1. The summed E-state index contributed by atoms with van der Waals surface area (Å²) >= 11 is 0. The Labute approximate surface area is 197 Å². The molecule has 3 N–H and O–H groups in total. The van der Waals surface area contributed by atoms with E-state index in [0.29, 0.717) is 32.0 Å². The quantitative estimate of drug-likeness (QED) is 0.284. The van der Waals surface area contributed by atoms with Crippen molar-refractivity contribution in [2.45, 2.75) is 51.8 Å². The van der Waals surface area contributed by atoms with Gasteiger partial charge in [-0.25, -0.2) is 0 Å². The first-order valence-electron chi connectivity index (χ1n) is 10.9. The normalized spacial score (nSPS) is 20.3. The molecule has 0 saturated carbocycles. The van der Waals surface area contributed by atoms with E-state index >= 15 is 0 Å². The van der Waals surface area contributed by atoms with E-state index in [4.69, 9.17) is 0 Å². The molecule has 2 atom stereocenters. The molecule has 2 aliphatic rings. The van der Waals surface area contributed by atoms with Gasteiger partial charge in [0, 0.05) is 51.7 Å². The van der Waals surface area contributed by atoms with E-state index in [1.54, 1.807) is 0 Å². The number of β-amino-alcohol motifs (C(OH)–C–C–N with tert-alkyl or cyclic N) is 1. The van der Waals surface area contributed by atoms with Gasteiger partial charge in [-0.1, -0.05) is 31.2 Å². The first-order chi connectivity index (χ1) is 14.1. The van der Waals surface area contributed by atoms with E-state index in [-0.39, 0.29) is 35.9 Å². The van der Waals surface area contributed by atoms with Crippen LogP contribution in [-0.4, -0.2) is 78.2 Å². The standard InChI is InChI=1S/C22H35N5O2.HI/c1-3-21(29)27-12-10-19(15-27)25-22(23-4-2)24-13-20(28)16-26-11-9-17-7-5-6-8-18(17)14-26;/h5-8,19-20,28H,3-4,9-16H2,1-2H3,(H2,23,24,25);1H. The summed E-state index contributed by atoms with van der Waals surface area (Å²) in [4.78, 5) is 20.7. The Bertz CT molecular complexity index is 715. The fourth-order valence-electron chi connectivity index (χ4n) is 4.10. The Morgan fingerprint density at radius 2 is 2.03 bits per heavy atom. The summed E-state index contributed by atoms with van der Waals surface area (Å²) in [5.41, 5.74) is 2.78. The van der Waals surface area contributed by atoms with Gasteiger partial charge in [0.25, 0.3) is 0 Å². The third-order valence-corrected chi connectivity index (χ3v) is 5.67. The molecule has 0 aliphatic carbocycles. The molecule has 2 unspecified atom stereocenters. The second-order valence-corrected chi connectivity index (χ2v) is 7.95. The molecule has 0 spiro atoms. The van der Waals surface area contributed by atoms with Crippen molar-refractivity contribution in [2.24, 2.45) is 4.99 Å². The Morgan fingerprint density at radius 1 is 1.27 bits per heavy atom. The molecule has 1 aromatic rings. The summed E-state index contributed by atoms with van der Waals surface area (Å²) in [5, 5.41) is 17.2. The van der Waals surface area contributed by atoms with Crippen LogP contribution in [0.1, 0.15) is 37.8 Å². The molecule has 0 aromatic heterocycles. The molecular formula is C22H36IN5O2. The van der Waals surface area contributed by atoms with E-state index in [1.165, 1.54) is 11.1 Å². The maximum Gasteiger partial charge on any atom is 0.222 e. The second kappa shape index (κ2) is 12.5. The molecular weight excluding hydrogens is 493 g/mol. The highest BCUT2D eigenvalue weighted by atomic mass is 127. The van der Waals surface area contributed by atoms with Crippen molar-refractivity contribution in [1.29, 1.82) is 0 Å². The topological polar surface area (TPSA) is 80.2 Å². The summed E-state index contributed by atoms with van der Waals surface area (Å²) in [6.45, 7) is 9.04. The fraction of sp³-hybridized carbons (Fsp3) is 0.636. The van der Waals surface area contributed by atoms with Gasteiger partial charge in [-0.2, -0.15) is 0 Å². The third kappa shape index (κ3) is 7.09. The number of nitrogens with zero attached hydrogens (tertiary/aromatic N) is 3. The van der Waals surface area contributed by atoms with Gasteiger partial charge in [0.2, 0.25) is 5.91 Å². The molecule has 168 valence electrons. The lowest BCUT2D eigenvalue weighted by molar-refractivity contribution is -0.129. The van der Waals surface area contributed by atoms with E-state index in [2.05, 4.69) is 44.8 Å². The van der Waals surface area contributed by atoms with Gasteiger partial charge in [0.1, 0.15) is 0 Å². The largest absolute Gasteiger partial charge is 0.390 e. The number of aliphatic hydroxyl groups is 1. The van der Waals surface area contributed by atoms with Crippen molar-refractivity contribution in [3.8, 4) is 0 Å². The van der Waals surface area contributed by atoms with Crippen LogP contribution in [0.2, 0.25) is 0 Å². The SMILES string of the molecule is CCNC(=NCC(O)CN1CCc2ccccc2C1)NC1CCN(C(=O)CC)C1.I. The number of rotatable bonds is 7. The van der Waals surface area contributed by atoms with Crippen LogP contribution >= 0.6 is 24.0 Å². The smallest absolute Gasteiger partial charge is 0.222 e. The fourth-order valence-corrected chi connectivity index (χ4v) is 4.10. The maximum atomic E-state index is 11.9. The molecule has 2 aliphatic heterocycles. The minimum atomic E-state index is -0.502. The van der Waals surface area contributed by atoms with Crippen LogP contribution < -0.4 is 10.6 Å². The molecule has 2 heterocycles. The number of hydrogen-bond acceptors (Lipinski definition) is 4. The molecule has 0 bridgehead atoms. The average molecular weight is 529 g/mol. The van der Waals surface area contributed by atoms with Gasteiger partial charge in [0.15, 0.2) is 5.96 Å². The lowest BCUT2D eigenvalue weighted by Gasteiger charge is -2.30. The van der Waals surface area contributed by atoms with Crippen LogP contribution in [0.4, 0.5) is 0 Å². The highest BCUT2D eigenvalue weighted by Crippen LogP contribution is 2.18. The Balaban J connectivity index is 0.00000320. The molecule has 1 aromatic carbocycles. The lowest BCUT2D eigenvalue weighted by atomic mass is 10.00. The van der Waals surface area contributed by atoms with Crippen LogP contribution in [0.3, 0.4) is 0 Å². The van der Waals surface area contributed by atoms with Crippen molar-refractivity contribution in [1.82, 2.24) is 20.4 Å². The summed E-state index contributed by atoms with van der Waals surface area (Å²) in [6.07, 6.45) is 2.00. The predicted molar refractivity (Wildman–Crippen MR) is 131 cm³/mol. The summed E-state index contributed by atoms with van der Waals surface area (Å²) < 4.78 is 0. The monoisotopic (exact) mass is 529 g/mol. The number of likely N-dealkylation sites (tertiary alicyclic amines) is 1. The second-order valence-electron chi connectivity index (χ2n) is 7.95. The number of aliphatic imine (C=N–C) groups is 1. The number of halogens is 1. The number of nitrogens with one attached hydrogen (secondary N) is 2. The minimum Gasteiger partial charge on any atom is -0.390 e. The van der Waals surface area contributed by atoms with Crippen LogP contribution in [0, 0.1) is 0 Å². The summed E-state index contributed by atoms with van der Waals surface area (Å²) in [7, 11) is 0. The maximum absolute atomic E-state index is 11.9.